The van der Waals surface area contributed by atoms with Gasteiger partial charge in [0, 0.05) is 0 Å². The van der Waals surface area contributed by atoms with Crippen LogP contribution in [0.15, 0.2) is 0 Å². The quantitative estimate of drug-likeness (QED) is 0.293. The number of hydrogen-bond acceptors (Lipinski definition) is 6. The molecule has 0 rings (SSSR count). The van der Waals surface area contributed by atoms with Crippen molar-refractivity contribution >= 4 is 0 Å². The number of hydrogen-bond donors (Lipinski definition) is 5. The highest BCUT2D eigenvalue weighted by atomic mass is 16.8. The molecule has 0 bridgehead atoms. The fraction of sp³-hybridized carbons (Fsp3) is 1.00. The zero-order valence-electron chi connectivity index (χ0n) is 5.30. The first-order valence-electron chi connectivity index (χ1n) is 2.63. The van der Waals surface area contributed by atoms with Crippen LogP contribution in [0.4, 0.5) is 0 Å². The van der Waals surface area contributed by atoms with Crippen molar-refractivity contribution in [1.29, 1.82) is 0 Å². The third-order valence-corrected chi connectivity index (χ3v) is 1.31. The lowest BCUT2D eigenvalue weighted by Crippen LogP contribution is -2.54. The molecule has 62 valence electrons. The Hall–Kier alpha value is -0.240. The second-order valence-electron chi connectivity index (χ2n) is 1.99. The molecule has 6 heteroatoms. The molecule has 10 heavy (non-hydrogen) atoms. The Bertz CT molecular complexity index is 83.4. The second kappa shape index (κ2) is 3.81. The van der Waals surface area contributed by atoms with E-state index in [2.05, 4.69) is 0 Å². The molecule has 0 atom stereocenters. The maximum atomic E-state index is 8.47. The van der Waals surface area contributed by atoms with E-state index < -0.39 is 30.6 Å². The van der Waals surface area contributed by atoms with E-state index in [0.717, 1.165) is 0 Å². The minimum atomic E-state index is -1.76. The fourth-order valence-corrected chi connectivity index (χ4v) is 0.340. The lowest BCUT2D eigenvalue weighted by atomic mass is 10.1. The van der Waals surface area contributed by atoms with Crippen molar-refractivity contribution in [3.05, 3.63) is 0 Å². The van der Waals surface area contributed by atoms with E-state index in [4.69, 9.17) is 25.7 Å². The van der Waals surface area contributed by atoms with Crippen molar-refractivity contribution < 1.29 is 25.7 Å². The Kier molecular flexibility index (Phi) is 3.72. The van der Waals surface area contributed by atoms with Gasteiger partial charge in [-0.15, -0.1) is 0 Å². The van der Waals surface area contributed by atoms with Crippen molar-refractivity contribution in [2.45, 2.75) is 5.54 Å². The summed E-state index contributed by atoms with van der Waals surface area (Å²) < 4.78 is 0. The molecular formula is C4H11NO5. The van der Waals surface area contributed by atoms with Crippen LogP contribution in [0.2, 0.25) is 0 Å². The molecule has 0 aromatic heterocycles. The molecule has 0 amide bonds. The summed E-state index contributed by atoms with van der Waals surface area (Å²) in [5.41, 5.74) is -1.76. The number of hydroxylamine groups is 2. The largest absolute Gasteiger partial charge is 0.394 e. The highest BCUT2D eigenvalue weighted by Gasteiger charge is 2.34. The molecule has 0 unspecified atom stereocenters. The topological polar surface area (TPSA) is 104 Å². The average Bonchev–Trinajstić information content (AvgIpc) is 1.92. The van der Waals surface area contributed by atoms with Gasteiger partial charge in [-0.25, -0.2) is 0 Å². The molecule has 0 heterocycles. The summed E-state index contributed by atoms with van der Waals surface area (Å²) in [5.74, 6) is 0. The Morgan fingerprint density at radius 3 is 1.20 bits per heavy atom. The van der Waals surface area contributed by atoms with E-state index in [-0.39, 0.29) is 0 Å². The van der Waals surface area contributed by atoms with Crippen LogP contribution in [0.5, 0.6) is 0 Å². The maximum absolute atomic E-state index is 8.47. The van der Waals surface area contributed by atoms with Crippen LogP contribution in [0.3, 0.4) is 0 Å². The van der Waals surface area contributed by atoms with E-state index in [1.807, 2.05) is 0 Å². The minimum absolute atomic E-state index is 0.396. The van der Waals surface area contributed by atoms with E-state index >= 15 is 0 Å². The van der Waals surface area contributed by atoms with Crippen molar-refractivity contribution in [1.82, 2.24) is 5.23 Å². The summed E-state index contributed by atoms with van der Waals surface area (Å²) in [4.78, 5) is 0. The van der Waals surface area contributed by atoms with E-state index in [1.165, 1.54) is 0 Å². The SMILES string of the molecule is OCC(CO)(CO)N(O)O. The third kappa shape index (κ3) is 1.63. The molecule has 0 saturated heterocycles. The van der Waals surface area contributed by atoms with Crippen LogP contribution in [0.1, 0.15) is 0 Å². The first-order chi connectivity index (χ1) is 4.63. The van der Waals surface area contributed by atoms with Gasteiger partial charge >= 0.3 is 0 Å². The van der Waals surface area contributed by atoms with Crippen LogP contribution in [-0.4, -0.2) is 56.3 Å². The fourth-order valence-electron chi connectivity index (χ4n) is 0.340. The van der Waals surface area contributed by atoms with Crippen LogP contribution < -0.4 is 0 Å². The molecule has 0 fully saturated rings. The number of aliphatic hydroxyl groups excluding tert-OH is 3. The summed E-state index contributed by atoms with van der Waals surface area (Å²) >= 11 is 0. The molecule has 0 spiro atoms. The molecule has 0 aromatic carbocycles. The predicted octanol–water partition coefficient (Wildman–Crippen LogP) is -2.22. The van der Waals surface area contributed by atoms with Gasteiger partial charge in [-0.1, -0.05) is 5.23 Å². The predicted molar refractivity (Wildman–Crippen MR) is 29.4 cm³/mol. The van der Waals surface area contributed by atoms with Gasteiger partial charge in [-0.05, 0) is 0 Å². The molecule has 6 nitrogen and oxygen atoms in total. The number of aliphatic hydroxyl groups is 3. The molecular weight excluding hydrogens is 142 g/mol. The zero-order valence-corrected chi connectivity index (χ0v) is 5.30. The molecule has 0 radical (unpaired) electrons. The molecule has 5 N–H and O–H groups in total. The minimum Gasteiger partial charge on any atom is -0.394 e. The second-order valence-corrected chi connectivity index (χ2v) is 1.99. The van der Waals surface area contributed by atoms with Crippen molar-refractivity contribution in [3.8, 4) is 0 Å². The summed E-state index contributed by atoms with van der Waals surface area (Å²) in [6, 6.07) is 0. The Labute approximate surface area is 57.5 Å². The van der Waals surface area contributed by atoms with Crippen molar-refractivity contribution in [2.75, 3.05) is 19.8 Å². The van der Waals surface area contributed by atoms with Gasteiger partial charge in [0.25, 0.3) is 0 Å². The summed E-state index contributed by atoms with van der Waals surface area (Å²) in [5, 5.41) is 41.7. The van der Waals surface area contributed by atoms with Crippen molar-refractivity contribution in [2.24, 2.45) is 0 Å². The maximum Gasteiger partial charge on any atom is 0.142 e. The van der Waals surface area contributed by atoms with E-state index in [9.17, 15) is 0 Å². The monoisotopic (exact) mass is 153 g/mol. The van der Waals surface area contributed by atoms with Gasteiger partial charge < -0.3 is 15.3 Å². The smallest absolute Gasteiger partial charge is 0.142 e. The first kappa shape index (κ1) is 9.76. The standard InChI is InChI=1S/C4H11NO5/c6-1-4(2-7,3-8)5(9)10/h6-10H,1-3H2. The summed E-state index contributed by atoms with van der Waals surface area (Å²) in [6.07, 6.45) is 0. The van der Waals surface area contributed by atoms with Crippen LogP contribution in [0.25, 0.3) is 0 Å². The molecule has 0 aliphatic heterocycles. The normalized spacial score (nSPS) is 12.6. The Morgan fingerprint density at radius 2 is 1.20 bits per heavy atom. The molecule has 0 aromatic rings. The van der Waals surface area contributed by atoms with E-state index in [1.54, 1.807) is 0 Å². The highest BCUT2D eigenvalue weighted by Crippen LogP contribution is 2.07. The van der Waals surface area contributed by atoms with Gasteiger partial charge in [-0.2, -0.15) is 0 Å². The van der Waals surface area contributed by atoms with Gasteiger partial charge in [-0.3, -0.25) is 10.4 Å². The van der Waals surface area contributed by atoms with Gasteiger partial charge in [0.15, 0.2) is 0 Å². The lowest BCUT2D eigenvalue weighted by molar-refractivity contribution is -0.377. The van der Waals surface area contributed by atoms with Gasteiger partial charge in [0.2, 0.25) is 0 Å². The average molecular weight is 153 g/mol. The van der Waals surface area contributed by atoms with E-state index in [0.29, 0.717) is 0 Å². The van der Waals surface area contributed by atoms with Crippen LogP contribution in [0, 0.1) is 0 Å². The lowest BCUT2D eigenvalue weighted by Gasteiger charge is -2.29. The Balaban J connectivity index is 4.15. The molecule has 0 aliphatic rings. The third-order valence-electron chi connectivity index (χ3n) is 1.31. The molecule has 0 saturated carbocycles. The zero-order chi connectivity index (χ0) is 8.20. The number of rotatable bonds is 4. The van der Waals surface area contributed by atoms with Crippen molar-refractivity contribution in [3.63, 3.8) is 0 Å². The van der Waals surface area contributed by atoms with Crippen LogP contribution >= 0.6 is 0 Å². The van der Waals surface area contributed by atoms with Gasteiger partial charge in [0.1, 0.15) is 5.54 Å². The Morgan fingerprint density at radius 1 is 0.900 bits per heavy atom. The van der Waals surface area contributed by atoms with Gasteiger partial charge in [0.05, 0.1) is 19.8 Å². The molecule has 0 aliphatic carbocycles. The first-order valence-corrected chi connectivity index (χ1v) is 2.63. The summed E-state index contributed by atoms with van der Waals surface area (Å²) in [6.45, 7) is -2.23. The highest BCUT2D eigenvalue weighted by molar-refractivity contribution is 4.81. The summed E-state index contributed by atoms with van der Waals surface area (Å²) in [7, 11) is 0. The number of nitrogens with zero attached hydrogens (tertiary/aromatic N) is 1. The van der Waals surface area contributed by atoms with Crippen LogP contribution in [-0.2, 0) is 0 Å².